The number of rotatable bonds is 1. The number of halogens is 1. The van der Waals surface area contributed by atoms with Crippen LogP contribution in [-0.2, 0) is 0 Å². The SMILES string of the molecule is Cc1cc(N2CCN(C)CC2)nc(Cl)c1C#N. The molecule has 1 aliphatic rings. The maximum absolute atomic E-state index is 8.94. The molecule has 1 fully saturated rings. The van der Waals surface area contributed by atoms with Crippen molar-refractivity contribution < 1.29 is 0 Å². The molecule has 0 saturated carbocycles. The third-order valence-electron chi connectivity index (χ3n) is 3.10. The largest absolute Gasteiger partial charge is 0.354 e. The van der Waals surface area contributed by atoms with Crippen LogP contribution in [0.25, 0.3) is 0 Å². The van der Waals surface area contributed by atoms with Gasteiger partial charge in [0.05, 0.1) is 5.56 Å². The van der Waals surface area contributed by atoms with Gasteiger partial charge in [0.15, 0.2) is 0 Å². The van der Waals surface area contributed by atoms with E-state index in [9.17, 15) is 0 Å². The molecule has 0 spiro atoms. The summed E-state index contributed by atoms with van der Waals surface area (Å²) in [6.07, 6.45) is 0. The zero-order chi connectivity index (χ0) is 12.4. The van der Waals surface area contributed by atoms with Crippen LogP contribution in [0.3, 0.4) is 0 Å². The van der Waals surface area contributed by atoms with E-state index in [0.717, 1.165) is 37.6 Å². The van der Waals surface area contributed by atoms with Crippen LogP contribution in [0.4, 0.5) is 5.82 Å². The first kappa shape index (κ1) is 12.2. The molecule has 0 radical (unpaired) electrons. The third kappa shape index (κ3) is 2.51. The summed E-state index contributed by atoms with van der Waals surface area (Å²) in [4.78, 5) is 8.80. The number of aromatic nitrogens is 1. The van der Waals surface area contributed by atoms with Crippen LogP contribution >= 0.6 is 11.6 Å². The van der Waals surface area contributed by atoms with E-state index < -0.39 is 0 Å². The predicted molar refractivity (Wildman–Crippen MR) is 68.4 cm³/mol. The minimum Gasteiger partial charge on any atom is -0.354 e. The van der Waals surface area contributed by atoms with Crippen LogP contribution < -0.4 is 4.90 Å². The van der Waals surface area contributed by atoms with Gasteiger partial charge in [-0.25, -0.2) is 4.98 Å². The first-order valence-corrected chi connectivity index (χ1v) is 6.00. The number of piperazine rings is 1. The van der Waals surface area contributed by atoms with Crippen molar-refractivity contribution in [3.63, 3.8) is 0 Å². The topological polar surface area (TPSA) is 43.2 Å². The molecular formula is C12H15ClN4. The average Bonchev–Trinajstić information content (AvgIpc) is 2.29. The standard InChI is InChI=1S/C12H15ClN4/c1-9-7-11(15-12(13)10(9)8-14)17-5-3-16(2)4-6-17/h7H,3-6H2,1-2H3. The van der Waals surface area contributed by atoms with Crippen LogP contribution in [0.5, 0.6) is 0 Å². The third-order valence-corrected chi connectivity index (χ3v) is 3.37. The number of pyridine rings is 1. The summed E-state index contributed by atoms with van der Waals surface area (Å²) in [6, 6.07) is 4.02. The van der Waals surface area contributed by atoms with Crippen molar-refractivity contribution >= 4 is 17.4 Å². The first-order chi connectivity index (χ1) is 8.11. The molecule has 2 heterocycles. The van der Waals surface area contributed by atoms with E-state index in [-0.39, 0.29) is 0 Å². The highest BCUT2D eigenvalue weighted by atomic mass is 35.5. The van der Waals surface area contributed by atoms with Crippen LogP contribution in [-0.4, -0.2) is 43.1 Å². The van der Waals surface area contributed by atoms with Crippen molar-refractivity contribution in [1.29, 1.82) is 5.26 Å². The Morgan fingerprint density at radius 3 is 2.53 bits per heavy atom. The Morgan fingerprint density at radius 2 is 2.00 bits per heavy atom. The van der Waals surface area contributed by atoms with E-state index in [1.807, 2.05) is 13.0 Å². The summed E-state index contributed by atoms with van der Waals surface area (Å²) < 4.78 is 0. The lowest BCUT2D eigenvalue weighted by Crippen LogP contribution is -2.44. The molecule has 17 heavy (non-hydrogen) atoms. The minimum absolute atomic E-state index is 0.307. The molecule has 1 aromatic heterocycles. The van der Waals surface area contributed by atoms with Gasteiger partial charge in [-0.3, -0.25) is 0 Å². The Bertz CT molecular complexity index is 435. The van der Waals surface area contributed by atoms with Gasteiger partial charge in [0.2, 0.25) is 0 Å². The van der Waals surface area contributed by atoms with E-state index in [2.05, 4.69) is 27.9 Å². The molecule has 0 bridgehead atoms. The quantitative estimate of drug-likeness (QED) is 0.711. The van der Waals surface area contributed by atoms with Crippen molar-refractivity contribution in [2.45, 2.75) is 6.92 Å². The monoisotopic (exact) mass is 250 g/mol. The highest BCUT2D eigenvalue weighted by Crippen LogP contribution is 2.23. The maximum atomic E-state index is 8.94. The van der Waals surface area contributed by atoms with Gasteiger partial charge in [-0.05, 0) is 25.6 Å². The highest BCUT2D eigenvalue weighted by molar-refractivity contribution is 6.30. The molecule has 1 aliphatic heterocycles. The molecule has 0 unspecified atom stereocenters. The molecule has 2 rings (SSSR count). The molecule has 5 heteroatoms. The highest BCUT2D eigenvalue weighted by Gasteiger charge is 2.17. The Balaban J connectivity index is 2.26. The van der Waals surface area contributed by atoms with Gasteiger partial charge in [0.25, 0.3) is 0 Å². The molecule has 0 atom stereocenters. The number of hydrogen-bond donors (Lipinski definition) is 0. The summed E-state index contributed by atoms with van der Waals surface area (Å²) >= 11 is 6.01. The summed E-state index contributed by atoms with van der Waals surface area (Å²) in [5.74, 6) is 0.875. The maximum Gasteiger partial charge on any atom is 0.149 e. The van der Waals surface area contributed by atoms with Crippen molar-refractivity contribution in [1.82, 2.24) is 9.88 Å². The lowest BCUT2D eigenvalue weighted by Gasteiger charge is -2.33. The van der Waals surface area contributed by atoms with Crippen LogP contribution in [0, 0.1) is 18.3 Å². The van der Waals surface area contributed by atoms with Crippen LogP contribution in [0.2, 0.25) is 5.15 Å². The average molecular weight is 251 g/mol. The van der Waals surface area contributed by atoms with Crippen LogP contribution in [0.1, 0.15) is 11.1 Å². The Morgan fingerprint density at radius 1 is 1.35 bits per heavy atom. The molecular weight excluding hydrogens is 236 g/mol. The Labute approximate surface area is 106 Å². The van der Waals surface area contributed by atoms with Gasteiger partial charge in [0.1, 0.15) is 17.0 Å². The van der Waals surface area contributed by atoms with E-state index >= 15 is 0 Å². The molecule has 0 aromatic carbocycles. The molecule has 4 nitrogen and oxygen atoms in total. The summed E-state index contributed by atoms with van der Waals surface area (Å²) in [6.45, 7) is 5.85. The Hall–Kier alpha value is -1.31. The van der Waals surface area contributed by atoms with Gasteiger partial charge in [-0.2, -0.15) is 5.26 Å². The summed E-state index contributed by atoms with van der Waals surface area (Å²) in [5.41, 5.74) is 1.37. The van der Waals surface area contributed by atoms with Crippen molar-refractivity contribution in [3.8, 4) is 6.07 Å². The summed E-state index contributed by atoms with van der Waals surface area (Å²) in [5, 5.41) is 9.25. The molecule has 90 valence electrons. The fourth-order valence-electron chi connectivity index (χ4n) is 1.95. The molecule has 0 N–H and O–H groups in total. The second-order valence-corrected chi connectivity index (χ2v) is 4.72. The van der Waals surface area contributed by atoms with Gasteiger partial charge < -0.3 is 9.80 Å². The van der Waals surface area contributed by atoms with Crippen molar-refractivity contribution in [3.05, 3.63) is 22.3 Å². The fraction of sp³-hybridized carbons (Fsp3) is 0.500. The van der Waals surface area contributed by atoms with Gasteiger partial charge in [-0.1, -0.05) is 11.6 Å². The minimum atomic E-state index is 0.307. The second-order valence-electron chi connectivity index (χ2n) is 4.37. The number of anilines is 1. The number of nitriles is 1. The number of hydrogen-bond acceptors (Lipinski definition) is 4. The second kappa shape index (κ2) is 4.91. The molecule has 1 aromatic rings. The lowest BCUT2D eigenvalue weighted by molar-refractivity contribution is 0.312. The fourth-order valence-corrected chi connectivity index (χ4v) is 2.23. The van der Waals surface area contributed by atoms with Crippen molar-refractivity contribution in [2.24, 2.45) is 0 Å². The van der Waals surface area contributed by atoms with Crippen LogP contribution in [0.15, 0.2) is 6.07 Å². The summed E-state index contributed by atoms with van der Waals surface area (Å²) in [7, 11) is 2.11. The first-order valence-electron chi connectivity index (χ1n) is 5.62. The molecule has 1 saturated heterocycles. The molecule has 0 amide bonds. The van der Waals surface area contributed by atoms with Crippen molar-refractivity contribution in [2.75, 3.05) is 38.1 Å². The smallest absolute Gasteiger partial charge is 0.149 e. The zero-order valence-electron chi connectivity index (χ0n) is 10.1. The van der Waals surface area contributed by atoms with Gasteiger partial charge in [-0.15, -0.1) is 0 Å². The zero-order valence-corrected chi connectivity index (χ0v) is 10.8. The van der Waals surface area contributed by atoms with Gasteiger partial charge in [0, 0.05) is 26.2 Å². The number of aryl methyl sites for hydroxylation is 1. The molecule has 0 aliphatic carbocycles. The Kier molecular flexibility index (Phi) is 3.51. The predicted octanol–water partition coefficient (Wildman–Crippen LogP) is 1.67. The normalized spacial score (nSPS) is 16.9. The number of nitrogens with zero attached hydrogens (tertiary/aromatic N) is 4. The van der Waals surface area contributed by atoms with E-state index in [1.165, 1.54) is 0 Å². The lowest BCUT2D eigenvalue weighted by atomic mass is 10.1. The van der Waals surface area contributed by atoms with E-state index in [4.69, 9.17) is 16.9 Å². The van der Waals surface area contributed by atoms with E-state index in [0.29, 0.717) is 10.7 Å². The van der Waals surface area contributed by atoms with E-state index in [1.54, 1.807) is 0 Å². The van der Waals surface area contributed by atoms with Gasteiger partial charge >= 0.3 is 0 Å². The number of likely N-dealkylation sites (N-methyl/N-ethyl adjacent to an activating group) is 1.